The van der Waals surface area contributed by atoms with Crippen LogP contribution in [0.5, 0.6) is 23.0 Å². The van der Waals surface area contributed by atoms with Crippen LogP contribution in [0, 0.1) is 22.7 Å². The van der Waals surface area contributed by atoms with E-state index in [1.807, 2.05) is 12.1 Å². The van der Waals surface area contributed by atoms with Crippen molar-refractivity contribution in [3.63, 3.8) is 0 Å². The summed E-state index contributed by atoms with van der Waals surface area (Å²) in [7, 11) is 3.10. The Bertz CT molecular complexity index is 1250. The summed E-state index contributed by atoms with van der Waals surface area (Å²) < 4.78 is 22.0. The molecular formula is C22H16N4O4. The zero-order valence-electron chi connectivity index (χ0n) is 16.2. The average molecular weight is 400 g/mol. The SMILES string of the molecule is COc1cc2ncc(C#N)c(Nc3ccc(/C=C/C#N)c4c3OCO4)c2cc1OC. The molecule has 1 aromatic heterocycles. The number of hydrogen-bond acceptors (Lipinski definition) is 8. The number of nitrogens with one attached hydrogen (secondary N) is 1. The van der Waals surface area contributed by atoms with Gasteiger partial charge in [-0.15, -0.1) is 0 Å². The Morgan fingerprint density at radius 1 is 1.10 bits per heavy atom. The molecule has 0 saturated heterocycles. The van der Waals surface area contributed by atoms with E-state index >= 15 is 0 Å². The normalized spacial score (nSPS) is 11.9. The van der Waals surface area contributed by atoms with Gasteiger partial charge in [-0.2, -0.15) is 10.5 Å². The standard InChI is InChI=1S/C22H16N4O4/c1-27-18-8-15-17(9-19(18)28-2)25-11-14(10-24)20(15)26-16-6-5-13(4-3-7-23)21-22(16)30-12-29-21/h3-6,8-9,11H,12H2,1-2H3,(H,25,26)/b4-3+. The highest BCUT2D eigenvalue weighted by molar-refractivity contribution is 5.98. The molecule has 0 aliphatic carbocycles. The summed E-state index contributed by atoms with van der Waals surface area (Å²) in [6, 6.07) is 11.3. The second kappa shape index (κ2) is 7.90. The molecule has 8 heteroatoms. The van der Waals surface area contributed by atoms with Crippen molar-refractivity contribution >= 4 is 28.4 Å². The van der Waals surface area contributed by atoms with Crippen LogP contribution < -0.4 is 24.3 Å². The average Bonchev–Trinajstić information content (AvgIpc) is 3.28. The Morgan fingerprint density at radius 2 is 1.87 bits per heavy atom. The van der Waals surface area contributed by atoms with Crippen LogP contribution in [0.1, 0.15) is 11.1 Å². The highest BCUT2D eigenvalue weighted by Gasteiger charge is 2.23. The Hall–Kier alpha value is -4.43. The van der Waals surface area contributed by atoms with E-state index in [1.54, 1.807) is 38.5 Å². The van der Waals surface area contributed by atoms with Crippen molar-refractivity contribution in [3.8, 4) is 35.1 Å². The lowest BCUT2D eigenvalue weighted by Crippen LogP contribution is -2.00. The van der Waals surface area contributed by atoms with Crippen LogP contribution >= 0.6 is 0 Å². The van der Waals surface area contributed by atoms with Crippen molar-refractivity contribution in [2.75, 3.05) is 26.3 Å². The molecule has 1 N–H and O–H groups in total. The third kappa shape index (κ3) is 3.17. The van der Waals surface area contributed by atoms with Crippen molar-refractivity contribution < 1.29 is 18.9 Å². The van der Waals surface area contributed by atoms with Crippen LogP contribution in [0.2, 0.25) is 0 Å². The number of nitrogens with zero attached hydrogens (tertiary/aromatic N) is 3. The molecule has 0 atom stereocenters. The third-order valence-electron chi connectivity index (χ3n) is 4.64. The fourth-order valence-electron chi connectivity index (χ4n) is 3.25. The molecule has 0 bridgehead atoms. The van der Waals surface area contributed by atoms with Gasteiger partial charge in [-0.1, -0.05) is 0 Å². The first kappa shape index (κ1) is 18.9. The van der Waals surface area contributed by atoms with Gasteiger partial charge in [-0.3, -0.25) is 4.98 Å². The lowest BCUT2D eigenvalue weighted by atomic mass is 10.1. The van der Waals surface area contributed by atoms with Crippen LogP contribution in [-0.2, 0) is 0 Å². The molecule has 1 aliphatic rings. The zero-order chi connectivity index (χ0) is 21.1. The van der Waals surface area contributed by atoms with Crippen molar-refractivity contribution in [1.82, 2.24) is 4.98 Å². The number of rotatable bonds is 5. The maximum absolute atomic E-state index is 9.64. The maximum atomic E-state index is 9.64. The quantitative estimate of drug-likeness (QED) is 0.637. The molecule has 8 nitrogen and oxygen atoms in total. The molecule has 30 heavy (non-hydrogen) atoms. The van der Waals surface area contributed by atoms with Gasteiger partial charge in [0.25, 0.3) is 0 Å². The van der Waals surface area contributed by atoms with Crippen LogP contribution in [-0.4, -0.2) is 26.0 Å². The largest absolute Gasteiger partial charge is 0.493 e. The predicted octanol–water partition coefficient (Wildman–Crippen LogP) is 4.13. The van der Waals surface area contributed by atoms with E-state index in [9.17, 15) is 5.26 Å². The lowest BCUT2D eigenvalue weighted by Gasteiger charge is -2.15. The molecular weight excluding hydrogens is 384 g/mol. The summed E-state index contributed by atoms with van der Waals surface area (Å²) in [6.07, 6.45) is 4.52. The van der Waals surface area contributed by atoms with Crippen LogP contribution in [0.25, 0.3) is 17.0 Å². The first-order valence-electron chi connectivity index (χ1n) is 8.90. The van der Waals surface area contributed by atoms with Gasteiger partial charge < -0.3 is 24.3 Å². The van der Waals surface area contributed by atoms with Crippen molar-refractivity contribution in [2.24, 2.45) is 0 Å². The van der Waals surface area contributed by atoms with Crippen LogP contribution in [0.4, 0.5) is 11.4 Å². The Kier molecular flexibility index (Phi) is 4.98. The minimum Gasteiger partial charge on any atom is -0.493 e. The summed E-state index contributed by atoms with van der Waals surface area (Å²) in [6.45, 7) is 0.0641. The first-order chi connectivity index (χ1) is 14.7. The van der Waals surface area contributed by atoms with Gasteiger partial charge in [0, 0.05) is 29.3 Å². The van der Waals surface area contributed by atoms with Gasteiger partial charge in [0.05, 0.1) is 42.7 Å². The second-order valence-electron chi connectivity index (χ2n) is 6.24. The number of allylic oxidation sites excluding steroid dienone is 1. The van der Waals surface area contributed by atoms with E-state index in [0.29, 0.717) is 50.8 Å². The van der Waals surface area contributed by atoms with E-state index in [2.05, 4.69) is 16.4 Å². The van der Waals surface area contributed by atoms with Gasteiger partial charge in [-0.05, 0) is 24.3 Å². The topological polar surface area (TPSA) is 109 Å². The minimum absolute atomic E-state index is 0.0641. The van der Waals surface area contributed by atoms with E-state index in [0.717, 1.165) is 5.56 Å². The molecule has 0 radical (unpaired) electrons. The van der Waals surface area contributed by atoms with Gasteiger partial charge in [-0.25, -0.2) is 0 Å². The fourth-order valence-corrected chi connectivity index (χ4v) is 3.25. The number of hydrogen-bond donors (Lipinski definition) is 1. The summed E-state index contributed by atoms with van der Waals surface area (Å²) >= 11 is 0. The number of methoxy groups -OCH3 is 2. The highest BCUT2D eigenvalue weighted by atomic mass is 16.7. The fraction of sp³-hybridized carbons (Fsp3) is 0.136. The van der Waals surface area contributed by atoms with Crippen molar-refractivity contribution in [2.45, 2.75) is 0 Å². The summed E-state index contributed by atoms with van der Waals surface area (Å²) in [5.41, 5.74) is 2.89. The van der Waals surface area contributed by atoms with Crippen molar-refractivity contribution in [1.29, 1.82) is 10.5 Å². The summed E-state index contributed by atoms with van der Waals surface area (Å²) in [5.74, 6) is 2.10. The molecule has 3 aromatic rings. The number of benzene rings is 2. The van der Waals surface area contributed by atoms with Gasteiger partial charge >= 0.3 is 0 Å². The van der Waals surface area contributed by atoms with E-state index in [1.165, 1.54) is 12.3 Å². The number of ether oxygens (including phenoxy) is 4. The molecule has 0 fully saturated rings. The molecule has 0 unspecified atom stereocenters. The molecule has 2 aromatic carbocycles. The number of aromatic nitrogens is 1. The lowest BCUT2D eigenvalue weighted by molar-refractivity contribution is 0.174. The van der Waals surface area contributed by atoms with Crippen LogP contribution in [0.3, 0.4) is 0 Å². The number of fused-ring (bicyclic) bond motifs is 2. The molecule has 0 saturated carbocycles. The van der Waals surface area contributed by atoms with Gasteiger partial charge in [0.2, 0.25) is 6.79 Å². The van der Waals surface area contributed by atoms with E-state index in [-0.39, 0.29) is 6.79 Å². The first-order valence-corrected chi connectivity index (χ1v) is 8.90. The Morgan fingerprint density at radius 3 is 2.60 bits per heavy atom. The van der Waals surface area contributed by atoms with Gasteiger partial charge in [0.15, 0.2) is 23.0 Å². The summed E-state index contributed by atoms with van der Waals surface area (Å²) in [4.78, 5) is 4.36. The van der Waals surface area contributed by atoms with Crippen LogP contribution in [0.15, 0.2) is 36.5 Å². The van der Waals surface area contributed by atoms with Crippen molar-refractivity contribution in [3.05, 3.63) is 47.7 Å². The number of anilines is 2. The Labute approximate surface area is 172 Å². The second-order valence-corrected chi connectivity index (χ2v) is 6.24. The smallest absolute Gasteiger partial charge is 0.231 e. The molecule has 1 aliphatic heterocycles. The monoisotopic (exact) mass is 400 g/mol. The highest BCUT2D eigenvalue weighted by Crippen LogP contribution is 2.45. The Balaban J connectivity index is 1.87. The molecule has 0 spiro atoms. The molecule has 148 valence electrons. The third-order valence-corrected chi connectivity index (χ3v) is 4.64. The maximum Gasteiger partial charge on any atom is 0.231 e. The van der Waals surface area contributed by atoms with Gasteiger partial charge in [0.1, 0.15) is 6.07 Å². The minimum atomic E-state index is 0.0641. The summed E-state index contributed by atoms with van der Waals surface area (Å²) in [5, 5.41) is 22.4. The molecule has 2 heterocycles. The zero-order valence-corrected chi connectivity index (χ0v) is 16.2. The molecule has 0 amide bonds. The predicted molar refractivity (Wildman–Crippen MR) is 110 cm³/mol. The molecule has 4 rings (SSSR count). The van der Waals surface area contributed by atoms with E-state index in [4.69, 9.17) is 24.2 Å². The number of pyridine rings is 1. The van der Waals surface area contributed by atoms with E-state index < -0.39 is 0 Å². The number of nitriles is 2.